The Morgan fingerprint density at radius 3 is 2.78 bits per heavy atom. The van der Waals surface area contributed by atoms with Crippen LogP contribution in [-0.4, -0.2) is 51.1 Å². The van der Waals surface area contributed by atoms with E-state index < -0.39 is 5.97 Å². The molecule has 0 aliphatic carbocycles. The minimum absolute atomic E-state index is 0.159. The van der Waals surface area contributed by atoms with Gasteiger partial charge in [-0.05, 0) is 13.8 Å². The van der Waals surface area contributed by atoms with E-state index in [0.717, 1.165) is 5.69 Å². The SMILES string of the molecule is CC(C)N(CC(=O)O)C(=O)NCCc1cnc[nH]1. The molecule has 1 aromatic rings. The van der Waals surface area contributed by atoms with Crippen LogP contribution in [0.15, 0.2) is 12.5 Å². The van der Waals surface area contributed by atoms with E-state index in [4.69, 9.17) is 5.11 Å². The van der Waals surface area contributed by atoms with Crippen LogP contribution in [0.1, 0.15) is 19.5 Å². The molecule has 100 valence electrons. The monoisotopic (exact) mass is 254 g/mol. The number of aliphatic carboxylic acids is 1. The molecule has 7 nitrogen and oxygen atoms in total. The predicted molar refractivity (Wildman–Crippen MR) is 65.2 cm³/mol. The van der Waals surface area contributed by atoms with Crippen molar-refractivity contribution in [2.24, 2.45) is 0 Å². The maximum Gasteiger partial charge on any atom is 0.323 e. The highest BCUT2D eigenvalue weighted by atomic mass is 16.4. The number of carboxylic acid groups (broad SMARTS) is 1. The first-order chi connectivity index (χ1) is 8.50. The summed E-state index contributed by atoms with van der Waals surface area (Å²) in [5, 5.41) is 11.4. The molecule has 0 aromatic carbocycles. The summed E-state index contributed by atoms with van der Waals surface area (Å²) in [5.41, 5.74) is 0.921. The van der Waals surface area contributed by atoms with Gasteiger partial charge in [0.2, 0.25) is 0 Å². The second-order valence-electron chi connectivity index (χ2n) is 4.17. The van der Waals surface area contributed by atoms with Crippen LogP contribution in [0.3, 0.4) is 0 Å². The fourth-order valence-corrected chi connectivity index (χ4v) is 1.46. The highest BCUT2D eigenvalue weighted by Crippen LogP contribution is 1.99. The van der Waals surface area contributed by atoms with E-state index in [2.05, 4.69) is 15.3 Å². The van der Waals surface area contributed by atoms with Gasteiger partial charge in [-0.1, -0.05) is 0 Å². The number of imidazole rings is 1. The van der Waals surface area contributed by atoms with Crippen molar-refractivity contribution in [1.82, 2.24) is 20.2 Å². The summed E-state index contributed by atoms with van der Waals surface area (Å²) in [7, 11) is 0. The number of hydrogen-bond acceptors (Lipinski definition) is 3. The molecular weight excluding hydrogens is 236 g/mol. The first-order valence-electron chi connectivity index (χ1n) is 5.74. The van der Waals surface area contributed by atoms with E-state index in [0.29, 0.717) is 13.0 Å². The van der Waals surface area contributed by atoms with E-state index in [1.165, 1.54) is 4.90 Å². The zero-order valence-electron chi connectivity index (χ0n) is 10.5. The predicted octanol–water partition coefficient (Wildman–Crippen LogP) is 0.457. The second-order valence-corrected chi connectivity index (χ2v) is 4.17. The highest BCUT2D eigenvalue weighted by Gasteiger charge is 2.19. The van der Waals surface area contributed by atoms with Crippen LogP contribution in [0.2, 0.25) is 0 Å². The van der Waals surface area contributed by atoms with Crippen LogP contribution in [0.4, 0.5) is 4.79 Å². The van der Waals surface area contributed by atoms with Crippen molar-refractivity contribution in [3.8, 4) is 0 Å². The van der Waals surface area contributed by atoms with Crippen LogP contribution >= 0.6 is 0 Å². The summed E-state index contributed by atoms with van der Waals surface area (Å²) >= 11 is 0. The fourth-order valence-electron chi connectivity index (χ4n) is 1.46. The standard InChI is InChI=1S/C11H18N4O3/c1-8(2)15(6-10(16)17)11(18)13-4-3-9-5-12-7-14-9/h5,7-8H,3-4,6H2,1-2H3,(H,12,14)(H,13,18)(H,16,17). The second kappa shape index (κ2) is 6.63. The van der Waals surface area contributed by atoms with Crippen molar-refractivity contribution < 1.29 is 14.7 Å². The molecule has 0 saturated carbocycles. The zero-order chi connectivity index (χ0) is 13.5. The molecule has 2 amide bonds. The van der Waals surface area contributed by atoms with Gasteiger partial charge in [0.15, 0.2) is 0 Å². The van der Waals surface area contributed by atoms with Crippen LogP contribution < -0.4 is 5.32 Å². The lowest BCUT2D eigenvalue weighted by Crippen LogP contribution is -2.46. The molecule has 7 heteroatoms. The Morgan fingerprint density at radius 2 is 2.28 bits per heavy atom. The molecule has 0 saturated heterocycles. The number of amides is 2. The number of hydrogen-bond donors (Lipinski definition) is 3. The number of carbonyl (C=O) groups excluding carboxylic acids is 1. The Hall–Kier alpha value is -2.05. The molecule has 18 heavy (non-hydrogen) atoms. The summed E-state index contributed by atoms with van der Waals surface area (Å²) < 4.78 is 0. The lowest BCUT2D eigenvalue weighted by Gasteiger charge is -2.25. The van der Waals surface area contributed by atoms with Gasteiger partial charge in [-0.2, -0.15) is 0 Å². The molecule has 0 atom stereocenters. The molecule has 3 N–H and O–H groups in total. The number of aromatic nitrogens is 2. The quantitative estimate of drug-likeness (QED) is 0.686. The largest absolute Gasteiger partial charge is 0.480 e. The maximum absolute atomic E-state index is 11.8. The van der Waals surface area contributed by atoms with Crippen molar-refractivity contribution >= 4 is 12.0 Å². The maximum atomic E-state index is 11.8. The molecule has 0 aliphatic rings. The number of aromatic amines is 1. The molecule has 0 fully saturated rings. The van der Waals surface area contributed by atoms with Gasteiger partial charge in [-0.15, -0.1) is 0 Å². The summed E-state index contributed by atoms with van der Waals surface area (Å²) in [4.78, 5) is 30.5. The molecule has 0 spiro atoms. The fraction of sp³-hybridized carbons (Fsp3) is 0.545. The normalized spacial score (nSPS) is 10.4. The van der Waals surface area contributed by atoms with Gasteiger partial charge in [0, 0.05) is 30.9 Å². The summed E-state index contributed by atoms with van der Waals surface area (Å²) in [5.74, 6) is -1.02. The first-order valence-corrected chi connectivity index (χ1v) is 5.74. The van der Waals surface area contributed by atoms with Crippen LogP contribution in [0.5, 0.6) is 0 Å². The average molecular weight is 254 g/mol. The lowest BCUT2D eigenvalue weighted by atomic mass is 10.3. The van der Waals surface area contributed by atoms with E-state index in [1.807, 2.05) is 0 Å². The van der Waals surface area contributed by atoms with Gasteiger partial charge in [0.05, 0.1) is 6.33 Å². The number of carbonyl (C=O) groups is 2. The summed E-state index contributed by atoms with van der Waals surface area (Å²) in [6.07, 6.45) is 3.89. The van der Waals surface area contributed by atoms with E-state index >= 15 is 0 Å². The van der Waals surface area contributed by atoms with Gasteiger partial charge in [0.1, 0.15) is 6.54 Å². The molecule has 1 aromatic heterocycles. The molecule has 0 radical (unpaired) electrons. The van der Waals surface area contributed by atoms with Crippen LogP contribution in [-0.2, 0) is 11.2 Å². The Bertz CT molecular complexity index is 389. The molecule has 0 bridgehead atoms. The van der Waals surface area contributed by atoms with Crippen LogP contribution in [0.25, 0.3) is 0 Å². The van der Waals surface area contributed by atoms with Gasteiger partial charge in [0.25, 0.3) is 0 Å². The third-order valence-corrected chi connectivity index (χ3v) is 2.42. The summed E-state index contributed by atoms with van der Waals surface area (Å²) in [6, 6.07) is -0.528. The first kappa shape index (κ1) is 14.0. The lowest BCUT2D eigenvalue weighted by molar-refractivity contribution is -0.138. The number of carboxylic acids is 1. The topological polar surface area (TPSA) is 98.3 Å². The van der Waals surface area contributed by atoms with Crippen molar-refractivity contribution in [3.05, 3.63) is 18.2 Å². The molecule has 0 unspecified atom stereocenters. The van der Waals surface area contributed by atoms with Crippen molar-refractivity contribution in [3.63, 3.8) is 0 Å². The minimum atomic E-state index is -1.02. The third-order valence-electron chi connectivity index (χ3n) is 2.42. The summed E-state index contributed by atoms with van der Waals surface area (Å²) in [6.45, 7) is 3.69. The Morgan fingerprint density at radius 1 is 1.56 bits per heavy atom. The van der Waals surface area contributed by atoms with Gasteiger partial charge < -0.3 is 20.3 Å². The van der Waals surface area contributed by atoms with Gasteiger partial charge in [-0.25, -0.2) is 9.78 Å². The number of H-pyrrole nitrogens is 1. The van der Waals surface area contributed by atoms with Crippen LogP contribution in [0, 0.1) is 0 Å². The Balaban J connectivity index is 2.39. The Kier molecular flexibility index (Phi) is 5.16. The third kappa shape index (κ3) is 4.44. The molecular formula is C11H18N4O3. The molecule has 1 heterocycles. The zero-order valence-corrected chi connectivity index (χ0v) is 10.5. The number of nitrogens with zero attached hydrogens (tertiary/aromatic N) is 2. The van der Waals surface area contributed by atoms with Gasteiger partial charge >= 0.3 is 12.0 Å². The highest BCUT2D eigenvalue weighted by molar-refractivity contribution is 5.80. The number of nitrogens with one attached hydrogen (secondary N) is 2. The van der Waals surface area contributed by atoms with Crippen molar-refractivity contribution in [2.45, 2.75) is 26.3 Å². The molecule has 0 aliphatic heterocycles. The van der Waals surface area contributed by atoms with Crippen molar-refractivity contribution in [2.75, 3.05) is 13.1 Å². The van der Waals surface area contributed by atoms with Gasteiger partial charge in [-0.3, -0.25) is 4.79 Å². The average Bonchev–Trinajstić information content (AvgIpc) is 2.78. The van der Waals surface area contributed by atoms with E-state index in [1.54, 1.807) is 26.4 Å². The number of urea groups is 1. The van der Waals surface area contributed by atoms with Crippen molar-refractivity contribution in [1.29, 1.82) is 0 Å². The van der Waals surface area contributed by atoms with E-state index in [9.17, 15) is 9.59 Å². The minimum Gasteiger partial charge on any atom is -0.480 e. The molecule has 1 rings (SSSR count). The smallest absolute Gasteiger partial charge is 0.323 e. The Labute approximate surface area is 105 Å². The van der Waals surface area contributed by atoms with E-state index in [-0.39, 0.29) is 18.6 Å². The number of rotatable bonds is 6.